The smallest absolute Gasteiger partial charge is 0.0687 e. The Labute approximate surface area is 128 Å². The maximum atomic E-state index is 9.52. The van der Waals surface area contributed by atoms with Crippen LogP contribution < -0.4 is 0 Å². The number of benzene rings is 4. The van der Waals surface area contributed by atoms with Crippen molar-refractivity contribution in [3.8, 4) is 0 Å². The zero-order valence-electron chi connectivity index (χ0n) is 12.1. The Morgan fingerprint density at radius 2 is 0.818 bits per heavy atom. The highest BCUT2D eigenvalue weighted by Crippen LogP contribution is 2.33. The summed E-state index contributed by atoms with van der Waals surface area (Å²) in [6, 6.07) is 20.5. The molecule has 0 aliphatic rings. The van der Waals surface area contributed by atoms with Crippen LogP contribution in [0, 0.1) is 0 Å². The van der Waals surface area contributed by atoms with Crippen molar-refractivity contribution in [2.75, 3.05) is 0 Å². The molecule has 2 N–H and O–H groups in total. The Hall–Kier alpha value is -2.42. The molecule has 0 bridgehead atoms. The van der Waals surface area contributed by atoms with Crippen molar-refractivity contribution in [3.05, 3.63) is 71.8 Å². The van der Waals surface area contributed by atoms with Crippen LogP contribution in [0.4, 0.5) is 0 Å². The van der Waals surface area contributed by atoms with Crippen LogP contribution in [0.25, 0.3) is 32.3 Å². The van der Waals surface area contributed by atoms with Crippen molar-refractivity contribution in [1.29, 1.82) is 0 Å². The zero-order valence-corrected chi connectivity index (χ0v) is 12.1. The van der Waals surface area contributed by atoms with Crippen molar-refractivity contribution >= 4 is 32.3 Å². The SMILES string of the molecule is OCc1cccc2c1ccc1c3cccc(CO)c3ccc21. The molecule has 22 heavy (non-hydrogen) atoms. The molecule has 0 saturated carbocycles. The Bertz CT molecular complexity index is 919. The molecule has 0 aliphatic heterocycles. The molecule has 0 aromatic heterocycles. The molecule has 0 spiro atoms. The van der Waals surface area contributed by atoms with Gasteiger partial charge in [0.15, 0.2) is 0 Å². The van der Waals surface area contributed by atoms with Crippen LogP contribution in [0.5, 0.6) is 0 Å². The van der Waals surface area contributed by atoms with Gasteiger partial charge in [-0.2, -0.15) is 0 Å². The van der Waals surface area contributed by atoms with Gasteiger partial charge in [0.1, 0.15) is 0 Å². The van der Waals surface area contributed by atoms with Crippen molar-refractivity contribution in [2.45, 2.75) is 13.2 Å². The van der Waals surface area contributed by atoms with Crippen LogP contribution in [-0.2, 0) is 13.2 Å². The van der Waals surface area contributed by atoms with Gasteiger partial charge in [0.25, 0.3) is 0 Å². The van der Waals surface area contributed by atoms with Gasteiger partial charge in [-0.1, -0.05) is 60.7 Å². The summed E-state index contributed by atoms with van der Waals surface area (Å²) in [6.07, 6.45) is 0. The first-order valence-corrected chi connectivity index (χ1v) is 7.40. The van der Waals surface area contributed by atoms with E-state index in [4.69, 9.17) is 0 Å². The van der Waals surface area contributed by atoms with Gasteiger partial charge in [0.05, 0.1) is 13.2 Å². The summed E-state index contributed by atoms with van der Waals surface area (Å²) in [4.78, 5) is 0. The average molecular weight is 288 g/mol. The van der Waals surface area contributed by atoms with Gasteiger partial charge in [-0.15, -0.1) is 0 Å². The minimum atomic E-state index is 0.0467. The maximum Gasteiger partial charge on any atom is 0.0687 e. The summed E-state index contributed by atoms with van der Waals surface area (Å²) in [5, 5.41) is 25.9. The van der Waals surface area contributed by atoms with Crippen LogP contribution in [-0.4, -0.2) is 10.2 Å². The molecule has 0 aliphatic carbocycles. The quantitative estimate of drug-likeness (QED) is 0.544. The number of aliphatic hydroxyl groups excluding tert-OH is 2. The molecule has 0 heterocycles. The van der Waals surface area contributed by atoms with Crippen molar-refractivity contribution in [1.82, 2.24) is 0 Å². The van der Waals surface area contributed by atoms with Crippen LogP contribution in [0.2, 0.25) is 0 Å². The lowest BCUT2D eigenvalue weighted by Crippen LogP contribution is -1.89. The minimum absolute atomic E-state index is 0.0467. The highest BCUT2D eigenvalue weighted by molar-refractivity contribution is 6.18. The van der Waals surface area contributed by atoms with Gasteiger partial charge < -0.3 is 10.2 Å². The highest BCUT2D eigenvalue weighted by Gasteiger charge is 2.08. The fourth-order valence-corrected chi connectivity index (χ4v) is 3.35. The zero-order chi connectivity index (χ0) is 15.1. The van der Waals surface area contributed by atoms with Crippen molar-refractivity contribution in [2.24, 2.45) is 0 Å². The molecule has 0 amide bonds. The molecule has 108 valence electrons. The number of hydrogen-bond acceptors (Lipinski definition) is 2. The van der Waals surface area contributed by atoms with Gasteiger partial charge in [-0.3, -0.25) is 0 Å². The van der Waals surface area contributed by atoms with E-state index in [1.807, 2.05) is 24.3 Å². The van der Waals surface area contributed by atoms with E-state index in [2.05, 4.69) is 36.4 Å². The first kappa shape index (κ1) is 13.3. The van der Waals surface area contributed by atoms with Crippen LogP contribution >= 0.6 is 0 Å². The number of aliphatic hydroxyl groups is 2. The molecular weight excluding hydrogens is 272 g/mol. The summed E-state index contributed by atoms with van der Waals surface area (Å²) >= 11 is 0. The molecule has 0 saturated heterocycles. The van der Waals surface area contributed by atoms with Gasteiger partial charge in [0.2, 0.25) is 0 Å². The summed E-state index contributed by atoms with van der Waals surface area (Å²) in [6.45, 7) is 0.0934. The molecule has 0 unspecified atom stereocenters. The predicted molar refractivity (Wildman–Crippen MR) is 90.8 cm³/mol. The van der Waals surface area contributed by atoms with Crippen LogP contribution in [0.15, 0.2) is 60.7 Å². The standard InChI is InChI=1S/C20H16O2/c21-11-13-3-1-5-17-15(13)7-10-20-18-6-2-4-14(12-22)16(18)8-9-19(17)20/h1-10,21-22H,11-12H2. The Morgan fingerprint density at radius 1 is 0.455 bits per heavy atom. The molecule has 4 aromatic carbocycles. The van der Waals surface area contributed by atoms with E-state index in [0.717, 1.165) is 32.7 Å². The summed E-state index contributed by atoms with van der Waals surface area (Å²) in [5.41, 5.74) is 1.90. The lowest BCUT2D eigenvalue weighted by molar-refractivity contribution is 0.283. The Kier molecular flexibility index (Phi) is 3.07. The number of fused-ring (bicyclic) bond motifs is 5. The summed E-state index contributed by atoms with van der Waals surface area (Å²) in [7, 11) is 0. The molecule has 2 nitrogen and oxygen atoms in total. The fourth-order valence-electron chi connectivity index (χ4n) is 3.35. The second kappa shape index (κ2) is 5.09. The average Bonchev–Trinajstić information content (AvgIpc) is 2.59. The third-order valence-electron chi connectivity index (χ3n) is 4.44. The van der Waals surface area contributed by atoms with Crippen molar-refractivity contribution < 1.29 is 10.2 Å². The minimum Gasteiger partial charge on any atom is -0.392 e. The molecule has 4 aromatic rings. The Balaban J connectivity index is 2.18. The predicted octanol–water partition coefficient (Wildman–Crippen LogP) is 4.13. The highest BCUT2D eigenvalue weighted by atomic mass is 16.3. The van der Waals surface area contributed by atoms with E-state index in [1.54, 1.807) is 0 Å². The third-order valence-corrected chi connectivity index (χ3v) is 4.44. The van der Waals surface area contributed by atoms with Gasteiger partial charge in [0, 0.05) is 0 Å². The van der Waals surface area contributed by atoms with E-state index in [1.165, 1.54) is 10.8 Å². The number of rotatable bonds is 2. The van der Waals surface area contributed by atoms with Crippen molar-refractivity contribution in [3.63, 3.8) is 0 Å². The third kappa shape index (κ3) is 1.82. The van der Waals surface area contributed by atoms with Gasteiger partial charge in [-0.05, 0) is 43.4 Å². The lowest BCUT2D eigenvalue weighted by atomic mass is 9.94. The maximum absolute atomic E-state index is 9.52. The van der Waals surface area contributed by atoms with Crippen LogP contribution in [0.1, 0.15) is 11.1 Å². The van der Waals surface area contributed by atoms with Gasteiger partial charge in [-0.25, -0.2) is 0 Å². The second-order valence-corrected chi connectivity index (χ2v) is 5.57. The first-order chi connectivity index (χ1) is 10.8. The fraction of sp³-hybridized carbons (Fsp3) is 0.100. The topological polar surface area (TPSA) is 40.5 Å². The molecule has 0 atom stereocenters. The van der Waals surface area contributed by atoms with E-state index in [0.29, 0.717) is 0 Å². The van der Waals surface area contributed by atoms with E-state index < -0.39 is 0 Å². The van der Waals surface area contributed by atoms with Crippen LogP contribution in [0.3, 0.4) is 0 Å². The monoisotopic (exact) mass is 288 g/mol. The van der Waals surface area contributed by atoms with E-state index in [9.17, 15) is 10.2 Å². The molecule has 0 radical (unpaired) electrons. The van der Waals surface area contributed by atoms with E-state index >= 15 is 0 Å². The van der Waals surface area contributed by atoms with E-state index in [-0.39, 0.29) is 13.2 Å². The molecular formula is C20H16O2. The Morgan fingerprint density at radius 3 is 1.23 bits per heavy atom. The second-order valence-electron chi connectivity index (χ2n) is 5.57. The lowest BCUT2D eigenvalue weighted by Gasteiger charge is -2.11. The molecule has 4 rings (SSSR count). The molecule has 0 fully saturated rings. The van der Waals surface area contributed by atoms with Gasteiger partial charge >= 0.3 is 0 Å². The first-order valence-electron chi connectivity index (χ1n) is 7.40. The largest absolute Gasteiger partial charge is 0.392 e. The summed E-state index contributed by atoms with van der Waals surface area (Å²) in [5.74, 6) is 0. The normalized spacial score (nSPS) is 11.5. The number of hydrogen-bond donors (Lipinski definition) is 2. The summed E-state index contributed by atoms with van der Waals surface area (Å²) < 4.78 is 0. The molecule has 2 heteroatoms.